The van der Waals surface area contributed by atoms with Crippen LogP contribution in [-0.2, 0) is 14.3 Å². The fourth-order valence-electron chi connectivity index (χ4n) is 2.75. The Hall–Kier alpha value is -4.08. The standard InChI is InChI=1S/C22H25N3O7/c1-5-23-21(28)14-7-6-8-15(9-14)25-20(27)12-32-22(29)16-10-18(30-3)19(31-4)11-17(16)24-13(2)26/h6-11H,5,12H2,1-4H3,(H,23,28)(H,24,26)(H,25,27). The van der Waals surface area contributed by atoms with E-state index in [9.17, 15) is 19.2 Å². The van der Waals surface area contributed by atoms with Crippen LogP contribution < -0.4 is 25.4 Å². The first-order chi connectivity index (χ1) is 15.3. The highest BCUT2D eigenvalue weighted by Gasteiger charge is 2.20. The molecule has 0 aliphatic rings. The molecule has 3 N–H and O–H groups in total. The zero-order valence-corrected chi connectivity index (χ0v) is 18.2. The minimum atomic E-state index is -0.846. The van der Waals surface area contributed by atoms with E-state index in [1.807, 2.05) is 0 Å². The average molecular weight is 443 g/mol. The van der Waals surface area contributed by atoms with Gasteiger partial charge in [0.05, 0.1) is 25.5 Å². The Morgan fingerprint density at radius 1 is 0.938 bits per heavy atom. The molecule has 3 amide bonds. The Labute approximate surface area is 185 Å². The molecule has 0 fully saturated rings. The summed E-state index contributed by atoms with van der Waals surface area (Å²) in [5.41, 5.74) is 0.894. The van der Waals surface area contributed by atoms with E-state index in [1.165, 1.54) is 39.3 Å². The van der Waals surface area contributed by atoms with E-state index in [0.717, 1.165) is 0 Å². The van der Waals surface area contributed by atoms with Gasteiger partial charge in [-0.2, -0.15) is 0 Å². The molecule has 10 heteroatoms. The molecule has 10 nitrogen and oxygen atoms in total. The van der Waals surface area contributed by atoms with Gasteiger partial charge >= 0.3 is 5.97 Å². The van der Waals surface area contributed by atoms with Crippen LogP contribution in [0.4, 0.5) is 11.4 Å². The summed E-state index contributed by atoms with van der Waals surface area (Å²) < 4.78 is 15.5. The molecule has 0 saturated heterocycles. The Balaban J connectivity index is 2.10. The number of esters is 1. The summed E-state index contributed by atoms with van der Waals surface area (Å²) in [7, 11) is 2.81. The van der Waals surface area contributed by atoms with Gasteiger partial charge in [-0.3, -0.25) is 14.4 Å². The Morgan fingerprint density at radius 2 is 1.62 bits per heavy atom. The van der Waals surface area contributed by atoms with Crippen molar-refractivity contribution >= 4 is 35.1 Å². The summed E-state index contributed by atoms with van der Waals surface area (Å²) >= 11 is 0. The van der Waals surface area contributed by atoms with Crippen molar-refractivity contribution in [1.82, 2.24) is 5.32 Å². The number of benzene rings is 2. The molecule has 0 saturated carbocycles. The van der Waals surface area contributed by atoms with Crippen molar-refractivity contribution in [2.45, 2.75) is 13.8 Å². The predicted molar refractivity (Wildman–Crippen MR) is 117 cm³/mol. The van der Waals surface area contributed by atoms with Gasteiger partial charge in [0.1, 0.15) is 0 Å². The number of ether oxygens (including phenoxy) is 3. The summed E-state index contributed by atoms with van der Waals surface area (Å²) in [6.45, 7) is 2.97. The lowest BCUT2D eigenvalue weighted by Gasteiger charge is -2.14. The third-order valence-corrected chi connectivity index (χ3v) is 4.13. The maximum absolute atomic E-state index is 12.6. The van der Waals surface area contributed by atoms with Gasteiger partial charge in [0.25, 0.3) is 11.8 Å². The number of anilines is 2. The molecular formula is C22H25N3O7. The number of hydrogen-bond donors (Lipinski definition) is 3. The van der Waals surface area contributed by atoms with E-state index in [0.29, 0.717) is 23.5 Å². The van der Waals surface area contributed by atoms with Gasteiger partial charge in [0.2, 0.25) is 5.91 Å². The van der Waals surface area contributed by atoms with Crippen LogP contribution in [-0.4, -0.2) is 51.1 Å². The van der Waals surface area contributed by atoms with Crippen molar-refractivity contribution < 1.29 is 33.4 Å². The van der Waals surface area contributed by atoms with Crippen molar-refractivity contribution in [3.05, 3.63) is 47.5 Å². The van der Waals surface area contributed by atoms with E-state index >= 15 is 0 Å². The molecule has 0 heterocycles. The summed E-state index contributed by atoms with van der Waals surface area (Å²) in [4.78, 5) is 48.2. The van der Waals surface area contributed by atoms with Gasteiger partial charge in [-0.25, -0.2) is 4.79 Å². The first-order valence-electron chi connectivity index (χ1n) is 9.67. The third kappa shape index (κ3) is 6.46. The molecule has 0 bridgehead atoms. The smallest absolute Gasteiger partial charge is 0.340 e. The quantitative estimate of drug-likeness (QED) is 0.506. The molecule has 2 rings (SSSR count). The molecule has 0 aliphatic carbocycles. The first kappa shape index (κ1) is 24.2. The Morgan fingerprint density at radius 3 is 2.25 bits per heavy atom. The van der Waals surface area contributed by atoms with Crippen molar-refractivity contribution in [2.75, 3.05) is 38.0 Å². The molecule has 0 aromatic heterocycles. The highest BCUT2D eigenvalue weighted by atomic mass is 16.5. The second-order valence-electron chi connectivity index (χ2n) is 6.50. The summed E-state index contributed by atoms with van der Waals surface area (Å²) in [5.74, 6) is -1.57. The molecule has 0 unspecified atom stereocenters. The molecule has 0 spiro atoms. The lowest BCUT2D eigenvalue weighted by atomic mass is 10.1. The predicted octanol–water partition coefficient (Wildman–Crippen LogP) is 2.21. The largest absolute Gasteiger partial charge is 0.493 e. The highest BCUT2D eigenvalue weighted by molar-refractivity contribution is 6.03. The fraction of sp³-hybridized carbons (Fsp3) is 0.273. The molecule has 0 atom stereocenters. The van der Waals surface area contributed by atoms with E-state index in [4.69, 9.17) is 14.2 Å². The minimum Gasteiger partial charge on any atom is -0.493 e. The van der Waals surface area contributed by atoms with Gasteiger partial charge in [-0.15, -0.1) is 0 Å². The van der Waals surface area contributed by atoms with Gasteiger partial charge in [0.15, 0.2) is 18.1 Å². The topological polar surface area (TPSA) is 132 Å². The molecular weight excluding hydrogens is 418 g/mol. The SMILES string of the molecule is CCNC(=O)c1cccc(NC(=O)COC(=O)c2cc(OC)c(OC)cc2NC(C)=O)c1. The second-order valence-corrected chi connectivity index (χ2v) is 6.50. The van der Waals surface area contributed by atoms with Crippen LogP contribution in [0.3, 0.4) is 0 Å². The van der Waals surface area contributed by atoms with Crippen LogP contribution in [0.2, 0.25) is 0 Å². The van der Waals surface area contributed by atoms with Crippen molar-refractivity contribution in [3.63, 3.8) is 0 Å². The average Bonchev–Trinajstić information content (AvgIpc) is 2.77. The molecule has 0 aliphatic heterocycles. The summed E-state index contributed by atoms with van der Waals surface area (Å²) in [6.07, 6.45) is 0. The number of nitrogens with one attached hydrogen (secondary N) is 3. The maximum atomic E-state index is 12.6. The number of hydrogen-bond acceptors (Lipinski definition) is 7. The van der Waals surface area contributed by atoms with Crippen LogP contribution in [0.15, 0.2) is 36.4 Å². The van der Waals surface area contributed by atoms with Gasteiger partial charge in [0, 0.05) is 36.9 Å². The van der Waals surface area contributed by atoms with Crippen LogP contribution >= 0.6 is 0 Å². The van der Waals surface area contributed by atoms with E-state index < -0.39 is 24.4 Å². The number of rotatable bonds is 9. The maximum Gasteiger partial charge on any atom is 0.340 e. The van der Waals surface area contributed by atoms with Gasteiger partial charge < -0.3 is 30.2 Å². The number of carbonyl (C=O) groups is 4. The van der Waals surface area contributed by atoms with Crippen molar-refractivity contribution in [2.24, 2.45) is 0 Å². The summed E-state index contributed by atoms with van der Waals surface area (Å²) in [6, 6.07) is 9.11. The molecule has 32 heavy (non-hydrogen) atoms. The van der Waals surface area contributed by atoms with E-state index in [1.54, 1.807) is 25.1 Å². The monoisotopic (exact) mass is 443 g/mol. The first-order valence-corrected chi connectivity index (χ1v) is 9.67. The molecule has 2 aromatic rings. The number of carbonyl (C=O) groups excluding carboxylic acids is 4. The van der Waals surface area contributed by atoms with Crippen LogP contribution in [0.25, 0.3) is 0 Å². The Bertz CT molecular complexity index is 1020. The van der Waals surface area contributed by atoms with Crippen LogP contribution in [0, 0.1) is 0 Å². The molecule has 0 radical (unpaired) electrons. The minimum absolute atomic E-state index is 0.0103. The van der Waals surface area contributed by atoms with Crippen molar-refractivity contribution in [3.8, 4) is 11.5 Å². The van der Waals surface area contributed by atoms with Crippen LogP contribution in [0.1, 0.15) is 34.6 Å². The lowest BCUT2D eigenvalue weighted by molar-refractivity contribution is -0.119. The van der Waals surface area contributed by atoms with E-state index in [-0.39, 0.29) is 22.9 Å². The van der Waals surface area contributed by atoms with Crippen molar-refractivity contribution in [1.29, 1.82) is 0 Å². The molecule has 170 valence electrons. The van der Waals surface area contributed by atoms with Crippen LogP contribution in [0.5, 0.6) is 11.5 Å². The molecule has 2 aromatic carbocycles. The lowest BCUT2D eigenvalue weighted by Crippen LogP contribution is -2.24. The fourth-order valence-corrected chi connectivity index (χ4v) is 2.75. The second kappa shape index (κ2) is 11.3. The zero-order chi connectivity index (χ0) is 23.7. The van der Waals surface area contributed by atoms with Gasteiger partial charge in [-0.05, 0) is 25.1 Å². The highest BCUT2D eigenvalue weighted by Crippen LogP contribution is 2.33. The van der Waals surface area contributed by atoms with Gasteiger partial charge in [-0.1, -0.05) is 6.07 Å². The van der Waals surface area contributed by atoms with E-state index in [2.05, 4.69) is 16.0 Å². The zero-order valence-electron chi connectivity index (χ0n) is 18.2. The third-order valence-electron chi connectivity index (χ3n) is 4.13. The number of methoxy groups -OCH3 is 2. The summed E-state index contributed by atoms with van der Waals surface area (Å²) in [5, 5.41) is 7.75. The Kier molecular flexibility index (Phi) is 8.58. The number of amides is 3. The normalized spacial score (nSPS) is 10.0.